The van der Waals surface area contributed by atoms with Gasteiger partial charge < -0.3 is 4.90 Å². The number of hydrogen-bond acceptors (Lipinski definition) is 2. The topological polar surface area (TPSA) is 3.24 Å². The van der Waals surface area contributed by atoms with Crippen LogP contribution in [0.4, 0.5) is 17.1 Å². The van der Waals surface area contributed by atoms with Crippen LogP contribution in [-0.4, -0.2) is 0 Å². The van der Waals surface area contributed by atoms with E-state index in [1.54, 1.807) is 0 Å². The van der Waals surface area contributed by atoms with Crippen molar-refractivity contribution in [1.82, 2.24) is 0 Å². The van der Waals surface area contributed by atoms with Crippen LogP contribution in [0.1, 0.15) is 25.0 Å². The average molecular weight is 594 g/mol. The molecule has 0 aliphatic heterocycles. The molecule has 7 aromatic carbocycles. The van der Waals surface area contributed by atoms with E-state index in [0.717, 1.165) is 5.69 Å². The third-order valence-corrected chi connectivity index (χ3v) is 10.8. The second-order valence-corrected chi connectivity index (χ2v) is 13.7. The first kappa shape index (κ1) is 26.2. The van der Waals surface area contributed by atoms with Crippen LogP contribution in [0.5, 0.6) is 0 Å². The van der Waals surface area contributed by atoms with Gasteiger partial charge >= 0.3 is 0 Å². The molecule has 1 aliphatic carbocycles. The van der Waals surface area contributed by atoms with Gasteiger partial charge in [-0.15, -0.1) is 11.3 Å². The first-order valence-corrected chi connectivity index (χ1v) is 16.4. The molecule has 1 nitrogen and oxygen atoms in total. The van der Waals surface area contributed by atoms with Crippen molar-refractivity contribution in [1.29, 1.82) is 0 Å². The van der Waals surface area contributed by atoms with Gasteiger partial charge in [-0.25, -0.2) is 0 Å². The highest BCUT2D eigenvalue weighted by molar-refractivity contribution is 7.25. The number of thiophene rings is 1. The lowest BCUT2D eigenvalue weighted by Crippen LogP contribution is -2.16. The number of fused-ring (bicyclic) bond motifs is 7. The SMILES string of the molecule is CC1(C)c2ccccc2-c2ccc(N(c3ccc(-c4ccccc4)cc3)c3ccc4c(c3)sc3cc5ccccc5cc34)cc21. The zero-order valence-electron chi connectivity index (χ0n) is 25.3. The van der Waals surface area contributed by atoms with Crippen LogP contribution in [0.15, 0.2) is 152 Å². The van der Waals surface area contributed by atoms with Gasteiger partial charge in [-0.3, -0.25) is 0 Å². The predicted octanol–water partition coefficient (Wildman–Crippen LogP) is 12.7. The number of nitrogens with zero attached hydrogens (tertiary/aromatic N) is 1. The fourth-order valence-corrected chi connectivity index (χ4v) is 8.47. The van der Waals surface area contributed by atoms with E-state index in [1.165, 1.54) is 75.7 Å². The number of anilines is 3. The molecule has 45 heavy (non-hydrogen) atoms. The molecule has 0 N–H and O–H groups in total. The van der Waals surface area contributed by atoms with E-state index in [9.17, 15) is 0 Å². The molecule has 1 aliphatic rings. The molecule has 2 heteroatoms. The van der Waals surface area contributed by atoms with E-state index in [-0.39, 0.29) is 5.41 Å². The van der Waals surface area contributed by atoms with Crippen molar-refractivity contribution < 1.29 is 0 Å². The summed E-state index contributed by atoms with van der Waals surface area (Å²) in [5.41, 5.74) is 11.3. The summed E-state index contributed by atoms with van der Waals surface area (Å²) in [7, 11) is 0. The third kappa shape index (κ3) is 4.13. The van der Waals surface area contributed by atoms with Gasteiger partial charge in [0.15, 0.2) is 0 Å². The molecule has 0 spiro atoms. The Morgan fingerprint density at radius 1 is 0.444 bits per heavy atom. The Morgan fingerprint density at radius 3 is 1.87 bits per heavy atom. The van der Waals surface area contributed by atoms with E-state index < -0.39 is 0 Å². The molecule has 0 radical (unpaired) electrons. The van der Waals surface area contributed by atoms with Gasteiger partial charge in [-0.2, -0.15) is 0 Å². The van der Waals surface area contributed by atoms with Crippen LogP contribution in [-0.2, 0) is 5.41 Å². The second kappa shape index (κ2) is 9.92. The first-order chi connectivity index (χ1) is 22.0. The molecule has 9 rings (SSSR count). The fraction of sp³-hybridized carbons (Fsp3) is 0.0698. The summed E-state index contributed by atoms with van der Waals surface area (Å²) < 4.78 is 2.63. The lowest BCUT2D eigenvalue weighted by Gasteiger charge is -2.28. The summed E-state index contributed by atoms with van der Waals surface area (Å²) in [6.07, 6.45) is 0. The van der Waals surface area contributed by atoms with Gasteiger partial charge in [0, 0.05) is 42.6 Å². The summed E-state index contributed by atoms with van der Waals surface area (Å²) in [5, 5.41) is 5.22. The highest BCUT2D eigenvalue weighted by Crippen LogP contribution is 2.51. The number of rotatable bonds is 4. The molecule has 1 heterocycles. The van der Waals surface area contributed by atoms with Crippen LogP contribution in [0.25, 0.3) is 53.2 Å². The molecule has 0 bridgehead atoms. The normalized spacial score (nSPS) is 13.3. The predicted molar refractivity (Wildman–Crippen MR) is 195 cm³/mol. The van der Waals surface area contributed by atoms with E-state index >= 15 is 0 Å². The lowest BCUT2D eigenvalue weighted by atomic mass is 9.82. The van der Waals surface area contributed by atoms with E-state index in [1.807, 2.05) is 11.3 Å². The number of benzene rings is 7. The molecular formula is C43H31NS. The van der Waals surface area contributed by atoms with Crippen molar-refractivity contribution >= 4 is 59.3 Å². The first-order valence-electron chi connectivity index (χ1n) is 15.6. The Labute approximate surface area is 267 Å². The Bertz CT molecular complexity index is 2400. The zero-order chi connectivity index (χ0) is 30.1. The molecule has 1 aromatic heterocycles. The van der Waals surface area contributed by atoms with Crippen LogP contribution in [0, 0.1) is 0 Å². The molecular weight excluding hydrogens is 563 g/mol. The number of hydrogen-bond donors (Lipinski definition) is 0. The van der Waals surface area contributed by atoms with Crippen molar-refractivity contribution in [3.63, 3.8) is 0 Å². The minimum Gasteiger partial charge on any atom is -0.310 e. The average Bonchev–Trinajstić information content (AvgIpc) is 3.55. The van der Waals surface area contributed by atoms with Gasteiger partial charge in [0.2, 0.25) is 0 Å². The van der Waals surface area contributed by atoms with Gasteiger partial charge in [-0.1, -0.05) is 117 Å². The maximum absolute atomic E-state index is 2.43. The van der Waals surface area contributed by atoms with Crippen molar-refractivity contribution in [2.45, 2.75) is 19.3 Å². The quantitative estimate of drug-likeness (QED) is 0.196. The summed E-state index contributed by atoms with van der Waals surface area (Å²) in [5.74, 6) is 0. The van der Waals surface area contributed by atoms with Crippen LogP contribution >= 0.6 is 11.3 Å². The van der Waals surface area contributed by atoms with Gasteiger partial charge in [0.1, 0.15) is 0 Å². The lowest BCUT2D eigenvalue weighted by molar-refractivity contribution is 0.660. The molecule has 8 aromatic rings. The van der Waals surface area contributed by atoms with Crippen LogP contribution in [0.2, 0.25) is 0 Å². The van der Waals surface area contributed by atoms with Gasteiger partial charge in [0.05, 0.1) is 0 Å². The van der Waals surface area contributed by atoms with E-state index in [4.69, 9.17) is 0 Å². The molecule has 0 saturated carbocycles. The van der Waals surface area contributed by atoms with Crippen LogP contribution < -0.4 is 4.90 Å². The Morgan fingerprint density at radius 2 is 1.04 bits per heavy atom. The monoisotopic (exact) mass is 593 g/mol. The minimum absolute atomic E-state index is 0.0673. The maximum atomic E-state index is 2.43. The summed E-state index contributed by atoms with van der Waals surface area (Å²) >= 11 is 1.88. The summed E-state index contributed by atoms with van der Waals surface area (Å²) in [6.45, 7) is 4.71. The second-order valence-electron chi connectivity index (χ2n) is 12.6. The maximum Gasteiger partial charge on any atom is 0.0476 e. The van der Waals surface area contributed by atoms with Crippen molar-refractivity contribution in [2.75, 3.05) is 4.90 Å². The van der Waals surface area contributed by atoms with Crippen molar-refractivity contribution in [2.24, 2.45) is 0 Å². The highest BCUT2D eigenvalue weighted by atomic mass is 32.1. The standard InChI is InChI=1S/C43H31NS/c1-43(2)39-15-9-8-14-35(39)36-22-20-33(26-40(36)43)44(32-18-16-29(17-19-32)28-10-4-3-5-11-28)34-21-23-37-38-24-30-12-6-7-13-31(30)25-41(38)45-42(37)27-34/h3-27H,1-2H3. The molecule has 0 fully saturated rings. The molecule has 0 saturated heterocycles. The largest absolute Gasteiger partial charge is 0.310 e. The Kier molecular flexibility index (Phi) is 5.78. The molecule has 214 valence electrons. The summed E-state index contributed by atoms with van der Waals surface area (Å²) in [6, 6.07) is 55.9. The molecule has 0 amide bonds. The van der Waals surface area contributed by atoms with E-state index in [2.05, 4.69) is 170 Å². The molecule has 0 unspecified atom stereocenters. The van der Waals surface area contributed by atoms with Crippen molar-refractivity contribution in [3.8, 4) is 22.3 Å². The third-order valence-electron chi connectivity index (χ3n) is 9.64. The fourth-order valence-electron chi connectivity index (χ4n) is 7.30. The van der Waals surface area contributed by atoms with E-state index in [0.29, 0.717) is 0 Å². The van der Waals surface area contributed by atoms with Gasteiger partial charge in [0.25, 0.3) is 0 Å². The zero-order valence-corrected chi connectivity index (χ0v) is 26.1. The Hall–Kier alpha value is -5.18. The minimum atomic E-state index is -0.0673. The summed E-state index contributed by atoms with van der Waals surface area (Å²) in [4.78, 5) is 2.43. The van der Waals surface area contributed by atoms with Gasteiger partial charge in [-0.05, 0) is 92.7 Å². The van der Waals surface area contributed by atoms with Crippen LogP contribution in [0.3, 0.4) is 0 Å². The highest BCUT2D eigenvalue weighted by Gasteiger charge is 2.35. The van der Waals surface area contributed by atoms with Crippen molar-refractivity contribution in [3.05, 3.63) is 163 Å². The smallest absolute Gasteiger partial charge is 0.0476 e. The molecule has 0 atom stereocenters. The Balaban J connectivity index is 1.22.